The van der Waals surface area contributed by atoms with Gasteiger partial charge >= 0.3 is 0 Å². The summed E-state index contributed by atoms with van der Waals surface area (Å²) in [6.45, 7) is 0. The van der Waals surface area contributed by atoms with Crippen LogP contribution in [0, 0.1) is 7.14 Å². The van der Waals surface area contributed by atoms with Crippen molar-refractivity contribution in [3.8, 4) is 33.4 Å². The summed E-state index contributed by atoms with van der Waals surface area (Å²) in [6, 6.07) is 95.1. The first kappa shape index (κ1) is 57.0. The number of rotatable bonds is 11. The van der Waals surface area contributed by atoms with Gasteiger partial charge in [0.2, 0.25) is 19.7 Å². The van der Waals surface area contributed by atoms with Gasteiger partial charge in [-0.05, 0) is 212 Å². The van der Waals surface area contributed by atoms with Crippen molar-refractivity contribution in [3.63, 3.8) is 0 Å². The third-order valence-electron chi connectivity index (χ3n) is 11.5. The van der Waals surface area contributed by atoms with E-state index in [0.717, 1.165) is 16.0 Å². The number of hydrogen-bond donors (Lipinski definition) is 1. The summed E-state index contributed by atoms with van der Waals surface area (Å²) in [7, 11) is -7.15. The van der Waals surface area contributed by atoms with Gasteiger partial charge in [0.25, 0.3) is 0 Å². The number of sulfone groups is 2. The van der Waals surface area contributed by atoms with Gasteiger partial charge in [-0.1, -0.05) is 187 Å². The third kappa shape index (κ3) is 16.9. The second kappa shape index (κ2) is 28.5. The van der Waals surface area contributed by atoms with Crippen LogP contribution < -0.4 is 0 Å². The molecule has 0 N–H and O–H groups in total. The van der Waals surface area contributed by atoms with Gasteiger partial charge in [0.1, 0.15) is 0 Å². The minimum atomic E-state index is -3.57. The van der Waals surface area contributed by atoms with Crippen molar-refractivity contribution in [1.29, 1.82) is 0 Å². The average Bonchev–Trinajstić information content (AvgIpc) is 3.48. The van der Waals surface area contributed by atoms with Gasteiger partial charge in [-0.2, -0.15) is 0 Å². The monoisotopic (exact) mass is 1320 g/mol. The summed E-state index contributed by atoms with van der Waals surface area (Å²) in [5, 5.41) is 0. The number of hydrogen-bond acceptors (Lipinski definition) is 7. The van der Waals surface area contributed by atoms with Crippen molar-refractivity contribution in [1.82, 2.24) is 0 Å². The topological polar surface area (TPSA) is 68.3 Å². The largest absolute Gasteiger partial charge is 0.219 e. The van der Waals surface area contributed by atoms with Crippen LogP contribution in [-0.2, 0) is 19.7 Å². The summed E-state index contributed by atoms with van der Waals surface area (Å²) in [4.78, 5) is 6.97. The van der Waals surface area contributed by atoms with Gasteiger partial charge in [-0.3, -0.25) is 0 Å². The molecule has 11 aromatic carbocycles. The zero-order valence-electron chi connectivity index (χ0n) is 41.3. The lowest BCUT2D eigenvalue weighted by atomic mass is 10.1. The highest BCUT2D eigenvalue weighted by molar-refractivity contribution is 14.1. The zero-order valence-corrected chi connectivity index (χ0v) is 49.7. The summed E-state index contributed by atoms with van der Waals surface area (Å²) in [5.74, 6) is 0. The molecule has 0 unspecified atom stereocenters. The molecule has 0 spiro atoms. The Bertz CT molecular complexity index is 3530. The molecule has 382 valence electrons. The number of benzene rings is 11. The normalized spacial score (nSPS) is 10.8. The van der Waals surface area contributed by atoms with Crippen LogP contribution in [0.5, 0.6) is 0 Å². The maximum atomic E-state index is 12.7. The predicted molar refractivity (Wildman–Crippen MR) is 340 cm³/mol. The Hall–Kier alpha value is -6.17. The van der Waals surface area contributed by atoms with Crippen molar-refractivity contribution >= 4 is 101 Å². The lowest BCUT2D eigenvalue weighted by Gasteiger charge is -2.08. The summed E-state index contributed by atoms with van der Waals surface area (Å²) in [5.41, 5.74) is 6.65. The van der Waals surface area contributed by atoms with E-state index >= 15 is 0 Å². The maximum Gasteiger partial charge on any atom is 0.206 e. The van der Waals surface area contributed by atoms with Crippen molar-refractivity contribution < 1.29 is 16.8 Å². The van der Waals surface area contributed by atoms with Crippen LogP contribution in [0.3, 0.4) is 0 Å². The molecule has 0 heterocycles. The van der Waals surface area contributed by atoms with E-state index in [2.05, 4.69) is 203 Å². The smallest absolute Gasteiger partial charge is 0.206 e. The Morgan fingerprint density at radius 2 is 0.455 bits per heavy atom. The van der Waals surface area contributed by atoms with Crippen molar-refractivity contribution in [2.45, 2.75) is 44.1 Å². The molecule has 0 saturated heterocycles. The summed E-state index contributed by atoms with van der Waals surface area (Å²) >= 11 is 12.3. The van der Waals surface area contributed by atoms with Crippen LogP contribution >= 0.6 is 81.3 Å². The first-order valence-electron chi connectivity index (χ1n) is 24.1. The number of halogens is 2. The Morgan fingerprint density at radius 1 is 0.247 bits per heavy atom. The Balaban J connectivity index is 0.000000150. The second-order valence-corrected chi connectivity index (χ2v) is 26.1. The predicted octanol–water partition coefficient (Wildman–Crippen LogP) is 19.2. The lowest BCUT2D eigenvalue weighted by Crippen LogP contribution is -2.02. The molecule has 11 aromatic rings. The summed E-state index contributed by atoms with van der Waals surface area (Å²) < 4.78 is 53.4. The fourth-order valence-corrected chi connectivity index (χ4v) is 12.6. The highest BCUT2D eigenvalue weighted by Gasteiger charge is 2.19. The van der Waals surface area contributed by atoms with E-state index in [9.17, 15) is 16.8 Å². The van der Waals surface area contributed by atoms with Gasteiger partial charge in [-0.15, -0.1) is 12.6 Å². The molecule has 4 nitrogen and oxygen atoms in total. The van der Waals surface area contributed by atoms with Gasteiger partial charge in [0, 0.05) is 31.6 Å². The third-order valence-corrected chi connectivity index (χ3v) is 18.9. The van der Waals surface area contributed by atoms with E-state index in [1.54, 1.807) is 133 Å². The van der Waals surface area contributed by atoms with Crippen LogP contribution in [-0.4, -0.2) is 16.8 Å². The van der Waals surface area contributed by atoms with E-state index in [1.807, 2.05) is 42.5 Å². The van der Waals surface area contributed by atoms with Crippen LogP contribution in [0.15, 0.2) is 341 Å². The molecule has 11 heteroatoms. The fourth-order valence-electron chi connectivity index (χ4n) is 7.52. The molecule has 0 bridgehead atoms. The number of thiol groups is 1. The molecule has 0 fully saturated rings. The highest BCUT2D eigenvalue weighted by atomic mass is 127. The first-order valence-corrected chi connectivity index (χ1v) is 31.3. The summed E-state index contributed by atoms with van der Waals surface area (Å²) in [6.07, 6.45) is 0. The minimum absolute atomic E-state index is 0.209. The zero-order chi connectivity index (χ0) is 53.9. The molecular formula is C66H50I2O4S5. The quantitative estimate of drug-likeness (QED) is 0.103. The van der Waals surface area contributed by atoms with Gasteiger partial charge in [0.15, 0.2) is 0 Å². The Kier molecular flexibility index (Phi) is 21.1. The molecule has 0 amide bonds. The van der Waals surface area contributed by atoms with Gasteiger partial charge in [-0.25, -0.2) is 16.8 Å². The van der Waals surface area contributed by atoms with Crippen molar-refractivity contribution in [3.05, 3.63) is 304 Å². The average molecular weight is 1320 g/mol. The van der Waals surface area contributed by atoms with Gasteiger partial charge < -0.3 is 0 Å². The highest BCUT2D eigenvalue weighted by Crippen LogP contribution is 2.33. The van der Waals surface area contributed by atoms with Gasteiger partial charge in [0.05, 0.1) is 19.6 Å². The molecule has 0 aliphatic rings. The molecule has 11 rings (SSSR count). The molecule has 0 aliphatic heterocycles. The minimum Gasteiger partial charge on any atom is -0.219 e. The molecule has 0 aliphatic carbocycles. The van der Waals surface area contributed by atoms with E-state index in [0.29, 0.717) is 0 Å². The Labute approximate surface area is 494 Å². The van der Waals surface area contributed by atoms with E-state index in [4.69, 9.17) is 0 Å². The fraction of sp³-hybridized carbons (Fsp3) is 0. The Morgan fingerprint density at radius 3 is 0.714 bits per heavy atom. The molecule has 0 radical (unpaired) electrons. The standard InChI is InChI=1S/C24H18O4S2.C24H18S2.C12H8I2.C6H6S/c25-29(26,21-7-3-1-4-8-21)23-15-11-19(12-16-23)20-13-17-24(18-14-20)30(27,28)22-9-5-2-6-10-22;1-3-7-21(8-4-1)25-23-15-11-19(12-16-23)20-13-17-24(18-14-20)26-22-9-5-2-6-10-22;13-11-5-1-9(2-6-11)10-3-7-12(14)8-4-10;7-6-4-2-1-3-5-6/h1-18H;1-18H;1-8H;1-5,7H. The van der Waals surface area contributed by atoms with E-state index < -0.39 is 19.7 Å². The lowest BCUT2D eigenvalue weighted by molar-refractivity contribution is 0.594. The molecule has 77 heavy (non-hydrogen) atoms. The van der Waals surface area contributed by atoms with Crippen LogP contribution in [0.4, 0.5) is 0 Å². The molecular weight excluding hydrogens is 1270 g/mol. The van der Waals surface area contributed by atoms with Crippen molar-refractivity contribution in [2.75, 3.05) is 0 Å². The molecule has 0 saturated carbocycles. The van der Waals surface area contributed by atoms with Crippen molar-refractivity contribution in [2.24, 2.45) is 0 Å². The van der Waals surface area contributed by atoms with Crippen LogP contribution in [0.25, 0.3) is 33.4 Å². The first-order chi connectivity index (χ1) is 37.4. The van der Waals surface area contributed by atoms with E-state index in [1.165, 1.54) is 49.0 Å². The van der Waals surface area contributed by atoms with Crippen LogP contribution in [0.2, 0.25) is 0 Å². The molecule has 0 atom stereocenters. The maximum absolute atomic E-state index is 12.7. The van der Waals surface area contributed by atoms with E-state index in [-0.39, 0.29) is 19.6 Å². The molecule has 0 aromatic heterocycles. The second-order valence-electron chi connectivity index (χ2n) is 16.9. The SMILES string of the molecule is Ic1ccc(-c2ccc(I)cc2)cc1.O=S(=O)(c1ccccc1)c1ccc(-c2ccc(S(=O)(=O)c3ccccc3)cc2)cc1.Sc1ccccc1.c1ccc(Sc2ccc(-c3ccc(Sc4ccccc4)cc3)cc2)cc1. The van der Waals surface area contributed by atoms with Crippen LogP contribution in [0.1, 0.15) is 0 Å².